The van der Waals surface area contributed by atoms with Crippen LogP contribution < -0.4 is 0 Å². The Balaban J connectivity index is 1.73. The van der Waals surface area contributed by atoms with Crippen LogP contribution in [-0.2, 0) is 47.6 Å². The minimum Gasteiger partial charge on any atom is -0.459 e. The van der Waals surface area contributed by atoms with Crippen LogP contribution in [0.1, 0.15) is 41.5 Å². The molecule has 3 aliphatic heterocycles. The fraction of sp³-hybridized carbons (Fsp3) is 0.769. The van der Waals surface area contributed by atoms with Crippen molar-refractivity contribution < 1.29 is 57.8 Å². The predicted molar refractivity (Wildman–Crippen MR) is 124 cm³/mol. The second kappa shape index (κ2) is 8.73. The molecule has 38 heavy (non-hydrogen) atoms. The molecule has 3 heterocycles. The monoisotopic (exact) mass is 538 g/mol. The Morgan fingerprint density at radius 3 is 2.13 bits per heavy atom. The van der Waals surface area contributed by atoms with Crippen LogP contribution in [0, 0.1) is 23.2 Å². The lowest BCUT2D eigenvalue weighted by molar-refractivity contribution is -0.232. The molecular weight excluding hydrogens is 504 g/mol. The molecule has 0 radical (unpaired) electrons. The van der Waals surface area contributed by atoms with E-state index < -0.39 is 108 Å². The summed E-state index contributed by atoms with van der Waals surface area (Å²) in [7, 11) is 0. The SMILES string of the molecule is C=C1C2OC2C(O)C2(C)C3OC3C(OC(C)=O)C(C)C2C(OC(C)=O)C2(O)C(C)C(=O)OC2C1OC(C)=O. The van der Waals surface area contributed by atoms with Crippen molar-refractivity contribution in [3.8, 4) is 0 Å². The second-order valence-corrected chi connectivity index (χ2v) is 11.4. The predicted octanol–water partition coefficient (Wildman–Crippen LogP) is -0.188. The van der Waals surface area contributed by atoms with Crippen molar-refractivity contribution >= 4 is 23.9 Å². The van der Waals surface area contributed by atoms with Crippen LogP contribution in [0.2, 0.25) is 0 Å². The Bertz CT molecular complexity index is 1090. The van der Waals surface area contributed by atoms with Crippen molar-refractivity contribution in [2.24, 2.45) is 23.2 Å². The first-order valence-electron chi connectivity index (χ1n) is 12.8. The number of epoxide rings is 2. The standard InChI is InChI=1S/C26H34O12/c1-8-14-21(35-13(6)29)26(32)10(3)24(31)38-23(26)17(34-12(5)28)9(2)16-18(36-16)20(30)25(14,7)22-19(37-22)15(8)33-11(4)27/h8,10,14-23,30,32H,2H2,1,3-7H3. The lowest BCUT2D eigenvalue weighted by atomic mass is 9.53. The summed E-state index contributed by atoms with van der Waals surface area (Å²) in [5.41, 5.74) is -3.25. The van der Waals surface area contributed by atoms with E-state index in [9.17, 15) is 29.4 Å². The Kier molecular flexibility index (Phi) is 6.22. The molecule has 5 aliphatic rings. The van der Waals surface area contributed by atoms with Crippen molar-refractivity contribution in [1.82, 2.24) is 0 Å². The number of aliphatic hydroxyl groups is 2. The minimum absolute atomic E-state index is 0.188. The third-order valence-corrected chi connectivity index (χ3v) is 9.16. The molecule has 2 aliphatic carbocycles. The van der Waals surface area contributed by atoms with Gasteiger partial charge in [-0.1, -0.05) is 20.4 Å². The van der Waals surface area contributed by atoms with E-state index in [-0.39, 0.29) is 5.57 Å². The molecule has 2 N–H and O–H groups in total. The number of carbonyl (C=O) groups is 4. The molecule has 0 aromatic rings. The molecule has 5 rings (SSSR count). The van der Waals surface area contributed by atoms with Gasteiger partial charge in [-0.3, -0.25) is 19.2 Å². The maximum atomic E-state index is 13.0. The molecule has 0 amide bonds. The van der Waals surface area contributed by atoms with Crippen LogP contribution in [0.15, 0.2) is 12.2 Å². The van der Waals surface area contributed by atoms with Crippen molar-refractivity contribution in [2.75, 3.05) is 0 Å². The smallest absolute Gasteiger partial charge is 0.312 e. The number of rotatable bonds is 3. The first kappa shape index (κ1) is 27.0. The maximum Gasteiger partial charge on any atom is 0.312 e. The van der Waals surface area contributed by atoms with E-state index in [2.05, 4.69) is 6.58 Å². The minimum atomic E-state index is -2.24. The van der Waals surface area contributed by atoms with Gasteiger partial charge in [-0.15, -0.1) is 0 Å². The fourth-order valence-corrected chi connectivity index (χ4v) is 7.26. The Morgan fingerprint density at radius 1 is 0.947 bits per heavy atom. The second-order valence-electron chi connectivity index (χ2n) is 11.4. The summed E-state index contributed by atoms with van der Waals surface area (Å²) < 4.78 is 34.4. The van der Waals surface area contributed by atoms with Crippen LogP contribution in [0.3, 0.4) is 0 Å². The highest BCUT2D eigenvalue weighted by molar-refractivity contribution is 5.78. The van der Waals surface area contributed by atoms with Gasteiger partial charge in [0.2, 0.25) is 0 Å². The zero-order valence-corrected chi connectivity index (χ0v) is 22.1. The molecule has 14 unspecified atom stereocenters. The molecule has 5 fully saturated rings. The lowest BCUT2D eigenvalue weighted by Gasteiger charge is -2.54. The van der Waals surface area contributed by atoms with Gasteiger partial charge >= 0.3 is 23.9 Å². The van der Waals surface area contributed by atoms with E-state index in [1.54, 1.807) is 13.8 Å². The number of aliphatic hydroxyl groups excluding tert-OH is 1. The maximum absolute atomic E-state index is 13.0. The molecule has 14 atom stereocenters. The van der Waals surface area contributed by atoms with Gasteiger partial charge < -0.3 is 38.6 Å². The highest BCUT2D eigenvalue weighted by Crippen LogP contribution is 2.63. The molecule has 0 aromatic carbocycles. The number of hydrogen-bond donors (Lipinski definition) is 2. The topological polar surface area (TPSA) is 171 Å². The molecule has 12 nitrogen and oxygen atoms in total. The number of ether oxygens (including phenoxy) is 6. The molecule has 0 aromatic heterocycles. The third-order valence-electron chi connectivity index (χ3n) is 9.16. The zero-order valence-electron chi connectivity index (χ0n) is 22.1. The normalized spacial score (nSPS) is 50.7. The lowest BCUT2D eigenvalue weighted by Crippen LogP contribution is -2.69. The summed E-state index contributed by atoms with van der Waals surface area (Å²) in [6.07, 6.45) is -9.07. The summed E-state index contributed by atoms with van der Waals surface area (Å²) in [5, 5.41) is 24.3. The van der Waals surface area contributed by atoms with Crippen LogP contribution in [0.4, 0.5) is 0 Å². The van der Waals surface area contributed by atoms with Crippen LogP contribution in [-0.4, -0.2) is 94.6 Å². The van der Waals surface area contributed by atoms with Crippen molar-refractivity contribution in [3.05, 3.63) is 12.2 Å². The van der Waals surface area contributed by atoms with Gasteiger partial charge in [0.25, 0.3) is 0 Å². The summed E-state index contributed by atoms with van der Waals surface area (Å²) in [6.45, 7) is 12.5. The van der Waals surface area contributed by atoms with Gasteiger partial charge in [-0.05, 0) is 12.5 Å². The largest absolute Gasteiger partial charge is 0.459 e. The summed E-state index contributed by atoms with van der Waals surface area (Å²) in [4.78, 5) is 49.6. The molecule has 12 heteroatoms. The Labute approximate surface area is 219 Å². The van der Waals surface area contributed by atoms with E-state index in [1.807, 2.05) is 0 Å². The molecule has 0 spiro atoms. The highest BCUT2D eigenvalue weighted by atomic mass is 16.6. The van der Waals surface area contributed by atoms with Crippen LogP contribution in [0.5, 0.6) is 0 Å². The summed E-state index contributed by atoms with van der Waals surface area (Å²) in [6, 6.07) is 0. The molecule has 210 valence electrons. The van der Waals surface area contributed by atoms with Crippen molar-refractivity contribution in [1.29, 1.82) is 0 Å². The summed E-state index contributed by atoms with van der Waals surface area (Å²) in [5.74, 6) is -5.63. The van der Waals surface area contributed by atoms with E-state index in [0.717, 1.165) is 13.8 Å². The number of esters is 4. The molecule has 2 saturated carbocycles. The van der Waals surface area contributed by atoms with Gasteiger partial charge in [-0.2, -0.15) is 0 Å². The van der Waals surface area contributed by atoms with Crippen LogP contribution in [0.25, 0.3) is 0 Å². The summed E-state index contributed by atoms with van der Waals surface area (Å²) >= 11 is 0. The Hall–Kier alpha value is -2.54. The molecular formula is C26H34O12. The van der Waals surface area contributed by atoms with Crippen LogP contribution >= 0.6 is 0 Å². The number of carbonyl (C=O) groups excluding carboxylic acids is 4. The fourth-order valence-electron chi connectivity index (χ4n) is 7.26. The first-order chi connectivity index (χ1) is 17.6. The van der Waals surface area contributed by atoms with Gasteiger partial charge in [0, 0.05) is 38.0 Å². The number of fused-ring (bicyclic) bond motifs is 5. The zero-order chi connectivity index (χ0) is 28.1. The van der Waals surface area contributed by atoms with Gasteiger partial charge in [0.15, 0.2) is 17.8 Å². The van der Waals surface area contributed by atoms with Gasteiger partial charge in [0.1, 0.15) is 30.5 Å². The van der Waals surface area contributed by atoms with Gasteiger partial charge in [0.05, 0.1) is 18.1 Å². The average Bonchev–Trinajstić information content (AvgIpc) is 3.73. The Morgan fingerprint density at radius 2 is 1.55 bits per heavy atom. The number of hydrogen-bond acceptors (Lipinski definition) is 12. The van der Waals surface area contributed by atoms with E-state index in [1.165, 1.54) is 13.8 Å². The third kappa shape index (κ3) is 3.71. The molecule has 3 saturated heterocycles. The van der Waals surface area contributed by atoms with E-state index >= 15 is 0 Å². The first-order valence-corrected chi connectivity index (χ1v) is 12.8. The average molecular weight is 539 g/mol. The van der Waals surface area contributed by atoms with Crippen molar-refractivity contribution in [2.45, 2.75) is 102 Å². The van der Waals surface area contributed by atoms with Crippen molar-refractivity contribution in [3.63, 3.8) is 0 Å². The van der Waals surface area contributed by atoms with E-state index in [4.69, 9.17) is 28.4 Å². The highest BCUT2D eigenvalue weighted by Gasteiger charge is 2.77. The van der Waals surface area contributed by atoms with E-state index in [0.29, 0.717) is 0 Å². The van der Waals surface area contributed by atoms with Gasteiger partial charge in [-0.25, -0.2) is 0 Å². The quantitative estimate of drug-likeness (QED) is 0.210. The molecule has 0 bridgehead atoms.